The molecule has 0 fully saturated rings. The molecule has 1 aliphatic heterocycles. The summed E-state index contributed by atoms with van der Waals surface area (Å²) >= 11 is 6.82. The van der Waals surface area contributed by atoms with Crippen molar-refractivity contribution in [3.8, 4) is 0 Å². The van der Waals surface area contributed by atoms with Crippen molar-refractivity contribution in [1.29, 1.82) is 0 Å². The smallest absolute Gasteiger partial charge is 0.339 e. The van der Waals surface area contributed by atoms with Crippen LogP contribution in [0.4, 0.5) is 0 Å². The third-order valence-corrected chi connectivity index (χ3v) is 5.92. The predicted molar refractivity (Wildman–Crippen MR) is 114 cm³/mol. The van der Waals surface area contributed by atoms with Gasteiger partial charge in [0.1, 0.15) is 11.7 Å². The summed E-state index contributed by atoms with van der Waals surface area (Å²) < 4.78 is 11.4. The van der Waals surface area contributed by atoms with Crippen LogP contribution in [0.5, 0.6) is 0 Å². The number of halogens is 2. The Morgan fingerprint density at radius 1 is 1.03 bits per heavy atom. The largest absolute Gasteiger partial charge is 0.511 e. The first-order valence-electron chi connectivity index (χ1n) is 8.84. The molecular formula is C20H19Br2N3O5. The molecule has 158 valence electrons. The van der Waals surface area contributed by atoms with E-state index in [4.69, 9.17) is 9.47 Å². The van der Waals surface area contributed by atoms with Gasteiger partial charge in [0.05, 0.1) is 43.3 Å². The van der Waals surface area contributed by atoms with Crippen molar-refractivity contribution in [3.05, 3.63) is 68.3 Å². The number of pyridine rings is 2. The standard InChI is InChI=1S/C20H19Br2N3O5/c1-25-16(12-8-10(21)4-6-23-12)14(19(27)29-2)18(26)15(20(28)30-3)17(25)13-9-11(22)5-7-24-13/h4-9,14,16-17,26H,1-3H3/t14-,16-,17-/m1/s1. The fraction of sp³-hybridized carbons (Fsp3) is 0.300. The van der Waals surface area contributed by atoms with Crippen molar-refractivity contribution in [2.75, 3.05) is 21.3 Å². The number of hydrogen-bond acceptors (Lipinski definition) is 8. The highest BCUT2D eigenvalue weighted by Crippen LogP contribution is 2.46. The highest BCUT2D eigenvalue weighted by molar-refractivity contribution is 9.10. The molecule has 10 heteroatoms. The Balaban J connectivity index is 2.29. The second-order valence-electron chi connectivity index (χ2n) is 6.60. The minimum Gasteiger partial charge on any atom is -0.511 e. The van der Waals surface area contributed by atoms with E-state index in [9.17, 15) is 14.7 Å². The number of rotatable bonds is 4. The number of methoxy groups -OCH3 is 2. The summed E-state index contributed by atoms with van der Waals surface area (Å²) in [6, 6.07) is 5.47. The lowest BCUT2D eigenvalue weighted by molar-refractivity contribution is -0.149. The maximum atomic E-state index is 12.7. The average Bonchev–Trinajstić information content (AvgIpc) is 2.73. The van der Waals surface area contributed by atoms with Crippen molar-refractivity contribution in [3.63, 3.8) is 0 Å². The van der Waals surface area contributed by atoms with Gasteiger partial charge < -0.3 is 14.6 Å². The van der Waals surface area contributed by atoms with E-state index in [1.807, 2.05) is 0 Å². The number of aliphatic hydroxyl groups excluding tert-OH is 1. The van der Waals surface area contributed by atoms with Gasteiger partial charge >= 0.3 is 11.9 Å². The number of carbonyl (C=O) groups is 2. The van der Waals surface area contributed by atoms with E-state index in [1.54, 1.807) is 48.6 Å². The third-order valence-electron chi connectivity index (χ3n) is 4.94. The summed E-state index contributed by atoms with van der Waals surface area (Å²) in [6.07, 6.45) is 3.17. The maximum Gasteiger partial charge on any atom is 0.339 e. The zero-order valence-electron chi connectivity index (χ0n) is 16.4. The SMILES string of the molecule is COC(=O)C1=C(O)[C@H](C(=O)OC)[C@@H](c2cc(Br)ccn2)N(C)[C@@H]1c1cc(Br)ccn1. The summed E-state index contributed by atoms with van der Waals surface area (Å²) in [5.41, 5.74) is 0.923. The molecule has 2 aromatic rings. The van der Waals surface area contributed by atoms with Crippen molar-refractivity contribution in [1.82, 2.24) is 14.9 Å². The van der Waals surface area contributed by atoms with Crippen LogP contribution >= 0.6 is 31.9 Å². The predicted octanol–water partition coefficient (Wildman–Crippen LogP) is 3.50. The van der Waals surface area contributed by atoms with Gasteiger partial charge in [-0.15, -0.1) is 0 Å². The molecule has 0 unspecified atom stereocenters. The molecule has 8 nitrogen and oxygen atoms in total. The van der Waals surface area contributed by atoms with E-state index in [2.05, 4.69) is 41.8 Å². The third kappa shape index (κ3) is 4.12. The fourth-order valence-electron chi connectivity index (χ4n) is 3.64. The first-order chi connectivity index (χ1) is 14.3. The Kier molecular flexibility index (Phi) is 6.89. The van der Waals surface area contributed by atoms with Gasteiger partial charge in [0, 0.05) is 21.3 Å². The second-order valence-corrected chi connectivity index (χ2v) is 8.43. The molecule has 0 saturated heterocycles. The molecule has 3 atom stereocenters. The molecule has 1 N–H and O–H groups in total. The summed E-state index contributed by atoms with van der Waals surface area (Å²) in [7, 11) is 4.16. The van der Waals surface area contributed by atoms with E-state index >= 15 is 0 Å². The van der Waals surface area contributed by atoms with Gasteiger partial charge in [0.2, 0.25) is 0 Å². The fourth-order valence-corrected chi connectivity index (χ4v) is 4.35. The van der Waals surface area contributed by atoms with Crippen LogP contribution in [0.1, 0.15) is 23.5 Å². The normalized spacial score (nSPS) is 22.0. The van der Waals surface area contributed by atoms with E-state index in [-0.39, 0.29) is 5.57 Å². The summed E-state index contributed by atoms with van der Waals surface area (Å²) in [5.74, 6) is -3.07. The van der Waals surface area contributed by atoms with Gasteiger partial charge in [0.25, 0.3) is 0 Å². The molecule has 0 spiro atoms. The van der Waals surface area contributed by atoms with Gasteiger partial charge in [0.15, 0.2) is 0 Å². The Hall–Kier alpha value is -2.30. The Morgan fingerprint density at radius 2 is 1.60 bits per heavy atom. The first-order valence-corrected chi connectivity index (χ1v) is 10.4. The number of aliphatic hydroxyl groups is 1. The summed E-state index contributed by atoms with van der Waals surface area (Å²) in [5, 5.41) is 11.1. The number of hydrogen-bond donors (Lipinski definition) is 1. The van der Waals surface area contributed by atoms with Crippen LogP contribution < -0.4 is 0 Å². The molecular weight excluding hydrogens is 522 g/mol. The second kappa shape index (κ2) is 9.23. The lowest BCUT2D eigenvalue weighted by atomic mass is 9.82. The summed E-state index contributed by atoms with van der Waals surface area (Å²) in [4.78, 5) is 35.9. The Bertz CT molecular complexity index is 1010. The van der Waals surface area contributed by atoms with Crippen molar-refractivity contribution in [2.24, 2.45) is 5.92 Å². The zero-order chi connectivity index (χ0) is 22.0. The van der Waals surface area contributed by atoms with Crippen molar-refractivity contribution >= 4 is 43.8 Å². The van der Waals surface area contributed by atoms with Gasteiger partial charge in [-0.1, -0.05) is 31.9 Å². The highest BCUT2D eigenvalue weighted by Gasteiger charge is 2.49. The Morgan fingerprint density at radius 3 is 2.13 bits per heavy atom. The monoisotopic (exact) mass is 539 g/mol. The molecule has 2 aromatic heterocycles. The number of nitrogens with zero attached hydrogens (tertiary/aromatic N) is 3. The molecule has 0 saturated carbocycles. The number of aromatic nitrogens is 2. The number of carbonyl (C=O) groups excluding carboxylic acids is 2. The van der Waals surface area contributed by atoms with Crippen LogP contribution in [0.3, 0.4) is 0 Å². The first kappa shape index (κ1) is 22.4. The highest BCUT2D eigenvalue weighted by atomic mass is 79.9. The lowest BCUT2D eigenvalue weighted by Gasteiger charge is -2.42. The molecule has 0 aliphatic carbocycles. The van der Waals surface area contributed by atoms with Gasteiger partial charge in [-0.25, -0.2) is 4.79 Å². The minimum atomic E-state index is -1.18. The van der Waals surface area contributed by atoms with Crippen LogP contribution in [0.15, 0.2) is 56.9 Å². The quantitative estimate of drug-likeness (QED) is 0.588. The zero-order valence-corrected chi connectivity index (χ0v) is 19.5. The molecule has 0 radical (unpaired) electrons. The van der Waals surface area contributed by atoms with Gasteiger partial charge in [-0.05, 0) is 31.3 Å². The van der Waals surface area contributed by atoms with Crippen LogP contribution in [0.25, 0.3) is 0 Å². The molecule has 3 rings (SSSR count). The van der Waals surface area contributed by atoms with Crippen molar-refractivity contribution in [2.45, 2.75) is 12.1 Å². The summed E-state index contributed by atoms with van der Waals surface area (Å²) in [6.45, 7) is 0. The molecule has 0 bridgehead atoms. The number of esters is 2. The van der Waals surface area contributed by atoms with Crippen LogP contribution in [-0.4, -0.2) is 53.2 Å². The number of ether oxygens (including phenoxy) is 2. The number of likely N-dealkylation sites (N-methyl/N-ethyl adjacent to an activating group) is 1. The topological polar surface area (TPSA) is 102 Å². The minimum absolute atomic E-state index is 0.0766. The molecule has 1 aliphatic rings. The van der Waals surface area contributed by atoms with Gasteiger partial charge in [-0.3, -0.25) is 19.7 Å². The van der Waals surface area contributed by atoms with Crippen LogP contribution in [-0.2, 0) is 19.1 Å². The van der Waals surface area contributed by atoms with E-state index < -0.39 is 35.7 Å². The van der Waals surface area contributed by atoms with Crippen molar-refractivity contribution < 1.29 is 24.2 Å². The lowest BCUT2D eigenvalue weighted by Crippen LogP contribution is -2.46. The van der Waals surface area contributed by atoms with Gasteiger partial charge in [-0.2, -0.15) is 0 Å². The van der Waals surface area contributed by atoms with Crippen LogP contribution in [0, 0.1) is 5.92 Å². The molecule has 3 heterocycles. The molecule has 0 aromatic carbocycles. The molecule has 0 amide bonds. The van der Waals surface area contributed by atoms with E-state index in [0.717, 1.165) is 8.95 Å². The molecule has 30 heavy (non-hydrogen) atoms. The van der Waals surface area contributed by atoms with E-state index in [1.165, 1.54) is 14.2 Å². The van der Waals surface area contributed by atoms with E-state index in [0.29, 0.717) is 11.4 Å². The van der Waals surface area contributed by atoms with Crippen LogP contribution in [0.2, 0.25) is 0 Å². The maximum absolute atomic E-state index is 12.7. The average molecular weight is 541 g/mol. The Labute approximate surface area is 190 Å².